The average Bonchev–Trinajstić information content (AvgIpc) is 2.56. The molecule has 0 fully saturated rings. The fourth-order valence-electron chi connectivity index (χ4n) is 1.67. The topological polar surface area (TPSA) is 38.1 Å². The molecule has 0 unspecified atom stereocenters. The van der Waals surface area contributed by atoms with E-state index in [4.69, 9.17) is 0 Å². The Hall–Kier alpha value is -1.13. The molecule has 0 radical (unpaired) electrons. The van der Waals surface area contributed by atoms with Crippen molar-refractivity contribution in [3.8, 4) is 11.4 Å². The lowest BCUT2D eigenvalue weighted by atomic mass is 10.2. The van der Waals surface area contributed by atoms with E-state index in [9.17, 15) is 5.11 Å². The second kappa shape index (κ2) is 4.39. The molecule has 4 heteroatoms. The van der Waals surface area contributed by atoms with Gasteiger partial charge in [0, 0.05) is 22.8 Å². The first-order valence-electron chi connectivity index (χ1n) is 5.02. The van der Waals surface area contributed by atoms with Gasteiger partial charge in [0.05, 0.1) is 12.3 Å². The Morgan fingerprint density at radius 3 is 2.75 bits per heavy atom. The summed E-state index contributed by atoms with van der Waals surface area (Å²) in [5.41, 5.74) is 2.77. The van der Waals surface area contributed by atoms with Crippen LogP contribution in [0.4, 0.5) is 0 Å². The lowest BCUT2D eigenvalue weighted by Crippen LogP contribution is -1.95. The Morgan fingerprint density at radius 2 is 2.19 bits per heavy atom. The number of nitrogens with zero attached hydrogens (tertiary/aromatic N) is 2. The molecule has 0 aliphatic carbocycles. The molecule has 0 spiro atoms. The Morgan fingerprint density at radius 1 is 1.44 bits per heavy atom. The Balaban J connectivity index is 2.56. The highest BCUT2D eigenvalue weighted by molar-refractivity contribution is 9.10. The van der Waals surface area contributed by atoms with Crippen molar-refractivity contribution >= 4 is 15.9 Å². The van der Waals surface area contributed by atoms with Gasteiger partial charge in [-0.15, -0.1) is 0 Å². The minimum Gasteiger partial charge on any atom is -0.390 e. The smallest absolute Gasteiger partial charge is 0.140 e. The van der Waals surface area contributed by atoms with Gasteiger partial charge in [0.2, 0.25) is 0 Å². The number of hydrogen-bond donors (Lipinski definition) is 1. The third-order valence-corrected chi connectivity index (χ3v) is 3.21. The molecule has 84 valence electrons. The number of hydrogen-bond acceptors (Lipinski definition) is 2. The van der Waals surface area contributed by atoms with Crippen molar-refractivity contribution in [1.82, 2.24) is 9.55 Å². The maximum Gasteiger partial charge on any atom is 0.140 e. The van der Waals surface area contributed by atoms with E-state index in [0.29, 0.717) is 0 Å². The summed E-state index contributed by atoms with van der Waals surface area (Å²) in [7, 11) is 1.96. The van der Waals surface area contributed by atoms with Crippen molar-refractivity contribution < 1.29 is 5.11 Å². The lowest BCUT2D eigenvalue weighted by Gasteiger charge is -2.03. The minimum absolute atomic E-state index is 0.0202. The maximum atomic E-state index is 9.17. The van der Waals surface area contributed by atoms with E-state index in [0.717, 1.165) is 27.2 Å². The van der Waals surface area contributed by atoms with Gasteiger partial charge >= 0.3 is 0 Å². The first-order chi connectivity index (χ1) is 7.63. The van der Waals surface area contributed by atoms with Gasteiger partial charge in [-0.05, 0) is 19.1 Å². The van der Waals surface area contributed by atoms with Crippen LogP contribution in [0.15, 0.2) is 28.7 Å². The summed E-state index contributed by atoms with van der Waals surface area (Å²) < 4.78 is 3.02. The molecule has 0 aliphatic heterocycles. The van der Waals surface area contributed by atoms with E-state index >= 15 is 0 Å². The Labute approximate surface area is 103 Å². The molecule has 1 aromatic carbocycles. The van der Waals surface area contributed by atoms with Crippen LogP contribution in [0, 0.1) is 6.92 Å². The molecule has 2 rings (SSSR count). The first kappa shape index (κ1) is 11.4. The predicted octanol–water partition coefficient (Wildman–Crippen LogP) is 2.65. The summed E-state index contributed by atoms with van der Waals surface area (Å²) in [4.78, 5) is 4.43. The summed E-state index contributed by atoms with van der Waals surface area (Å²) in [6.45, 7) is 1.94. The van der Waals surface area contributed by atoms with Crippen LogP contribution >= 0.6 is 15.9 Å². The van der Waals surface area contributed by atoms with Gasteiger partial charge in [0.15, 0.2) is 0 Å². The number of halogens is 1. The van der Waals surface area contributed by atoms with Gasteiger partial charge in [-0.2, -0.15) is 0 Å². The molecule has 16 heavy (non-hydrogen) atoms. The van der Waals surface area contributed by atoms with Crippen LogP contribution in [0.25, 0.3) is 11.4 Å². The lowest BCUT2D eigenvalue weighted by molar-refractivity contribution is 0.276. The van der Waals surface area contributed by atoms with E-state index in [1.165, 1.54) is 0 Å². The van der Waals surface area contributed by atoms with Crippen LogP contribution in [0.5, 0.6) is 0 Å². The molecule has 0 amide bonds. The third-order valence-electron chi connectivity index (χ3n) is 2.71. The highest BCUT2D eigenvalue weighted by Gasteiger charge is 2.11. The van der Waals surface area contributed by atoms with Crippen LogP contribution in [-0.2, 0) is 13.7 Å². The molecule has 2 aromatic rings. The van der Waals surface area contributed by atoms with Crippen molar-refractivity contribution in [1.29, 1.82) is 0 Å². The Bertz CT molecular complexity index is 520. The zero-order valence-electron chi connectivity index (χ0n) is 9.24. The number of imidazole rings is 1. The predicted molar refractivity (Wildman–Crippen MR) is 67.0 cm³/mol. The molecular weight excluding hydrogens is 268 g/mol. The van der Waals surface area contributed by atoms with Crippen LogP contribution in [0.1, 0.15) is 11.4 Å². The monoisotopic (exact) mass is 280 g/mol. The average molecular weight is 281 g/mol. The van der Waals surface area contributed by atoms with Crippen LogP contribution in [-0.4, -0.2) is 14.7 Å². The molecule has 0 atom stereocenters. The van der Waals surface area contributed by atoms with Gasteiger partial charge in [-0.25, -0.2) is 4.98 Å². The van der Waals surface area contributed by atoms with Crippen molar-refractivity contribution in [2.75, 3.05) is 0 Å². The van der Waals surface area contributed by atoms with E-state index in [1.54, 1.807) is 0 Å². The molecule has 0 saturated heterocycles. The maximum absolute atomic E-state index is 9.17. The summed E-state index contributed by atoms with van der Waals surface area (Å²) in [5.74, 6) is 0.878. The molecular formula is C12H13BrN2O. The number of aliphatic hydroxyl groups excluding tert-OH is 1. The van der Waals surface area contributed by atoms with Crippen LogP contribution in [0.3, 0.4) is 0 Å². The highest BCUT2D eigenvalue weighted by Crippen LogP contribution is 2.23. The summed E-state index contributed by atoms with van der Waals surface area (Å²) in [5, 5.41) is 9.17. The largest absolute Gasteiger partial charge is 0.390 e. The number of aliphatic hydroxyl groups is 1. The van der Waals surface area contributed by atoms with E-state index < -0.39 is 0 Å². The second-order valence-electron chi connectivity index (χ2n) is 3.69. The van der Waals surface area contributed by atoms with E-state index in [1.807, 2.05) is 42.8 Å². The molecule has 1 aromatic heterocycles. The van der Waals surface area contributed by atoms with Crippen molar-refractivity contribution in [3.63, 3.8) is 0 Å². The summed E-state index contributed by atoms with van der Waals surface area (Å²) >= 11 is 3.44. The zero-order chi connectivity index (χ0) is 11.7. The van der Waals surface area contributed by atoms with Crippen LogP contribution in [0.2, 0.25) is 0 Å². The molecule has 0 bridgehead atoms. The third kappa shape index (κ3) is 1.90. The highest BCUT2D eigenvalue weighted by atomic mass is 79.9. The molecule has 3 nitrogen and oxygen atoms in total. The van der Waals surface area contributed by atoms with Crippen LogP contribution < -0.4 is 0 Å². The number of aromatic nitrogens is 2. The standard InChI is InChI=1S/C12H13BrN2O/c1-8-11(7-16)14-12(15(8)2)9-4-3-5-10(13)6-9/h3-6,16H,7H2,1-2H3. The second-order valence-corrected chi connectivity index (χ2v) is 4.61. The molecule has 1 heterocycles. The van der Waals surface area contributed by atoms with Gasteiger partial charge in [0.1, 0.15) is 5.82 Å². The molecule has 1 N–H and O–H groups in total. The van der Waals surface area contributed by atoms with Gasteiger partial charge in [-0.3, -0.25) is 0 Å². The fraction of sp³-hybridized carbons (Fsp3) is 0.250. The van der Waals surface area contributed by atoms with Gasteiger partial charge < -0.3 is 9.67 Å². The fourth-order valence-corrected chi connectivity index (χ4v) is 2.07. The summed E-state index contributed by atoms with van der Waals surface area (Å²) in [6, 6.07) is 7.98. The van der Waals surface area contributed by atoms with Gasteiger partial charge in [-0.1, -0.05) is 28.1 Å². The minimum atomic E-state index is -0.0202. The van der Waals surface area contributed by atoms with E-state index in [2.05, 4.69) is 20.9 Å². The van der Waals surface area contributed by atoms with Crippen molar-refractivity contribution in [2.24, 2.45) is 7.05 Å². The van der Waals surface area contributed by atoms with Crippen molar-refractivity contribution in [3.05, 3.63) is 40.1 Å². The first-order valence-corrected chi connectivity index (χ1v) is 5.81. The SMILES string of the molecule is Cc1c(CO)nc(-c2cccc(Br)c2)n1C. The quantitative estimate of drug-likeness (QED) is 0.919. The Kier molecular flexibility index (Phi) is 3.12. The zero-order valence-corrected chi connectivity index (χ0v) is 10.8. The van der Waals surface area contributed by atoms with Gasteiger partial charge in [0.25, 0.3) is 0 Å². The normalized spacial score (nSPS) is 10.8. The summed E-state index contributed by atoms with van der Waals surface area (Å²) in [6.07, 6.45) is 0. The number of benzene rings is 1. The van der Waals surface area contributed by atoms with E-state index in [-0.39, 0.29) is 6.61 Å². The number of rotatable bonds is 2. The molecule has 0 saturated carbocycles. The van der Waals surface area contributed by atoms with Crippen molar-refractivity contribution in [2.45, 2.75) is 13.5 Å². The molecule has 0 aliphatic rings.